The molecule has 2 aromatic rings. The number of imide groups is 1. The third-order valence-electron chi connectivity index (χ3n) is 6.99. The van der Waals surface area contributed by atoms with E-state index in [-0.39, 0.29) is 11.8 Å². The van der Waals surface area contributed by atoms with E-state index in [0.29, 0.717) is 31.2 Å². The number of carbonyl (C=O) groups excluding carboxylic acids is 2. The van der Waals surface area contributed by atoms with Gasteiger partial charge in [-0.2, -0.15) is 0 Å². The van der Waals surface area contributed by atoms with E-state index < -0.39 is 0 Å². The van der Waals surface area contributed by atoms with Crippen molar-refractivity contribution in [2.45, 2.75) is 45.1 Å². The molecule has 0 N–H and O–H groups in total. The number of amides is 2. The Morgan fingerprint density at radius 1 is 1.09 bits per heavy atom. The Hall–Kier alpha value is -3.02. The van der Waals surface area contributed by atoms with Crippen LogP contribution in [-0.4, -0.2) is 43.5 Å². The van der Waals surface area contributed by atoms with Gasteiger partial charge in [-0.1, -0.05) is 12.1 Å². The zero-order valence-corrected chi connectivity index (χ0v) is 18.8. The number of ether oxygens (including phenoxy) is 2. The van der Waals surface area contributed by atoms with Crippen LogP contribution in [-0.2, 0) is 22.6 Å². The van der Waals surface area contributed by atoms with Crippen LogP contribution < -0.4 is 14.4 Å². The number of likely N-dealkylation sites (tertiary alicyclic amines) is 1. The first-order valence-corrected chi connectivity index (χ1v) is 11.6. The first-order valence-electron chi connectivity index (χ1n) is 11.6. The van der Waals surface area contributed by atoms with Gasteiger partial charge in [-0.25, -0.2) is 0 Å². The first kappa shape index (κ1) is 20.9. The SMILES string of the molecule is CCN(Cc1ccc(C2CC2CN2C(=O)CCC2=O)c(OC)c1)c1ccc2c(c1)CCO2. The molecule has 2 unspecified atom stereocenters. The molecule has 3 aliphatic rings. The van der Waals surface area contributed by atoms with Crippen molar-refractivity contribution in [3.8, 4) is 11.5 Å². The van der Waals surface area contributed by atoms with Gasteiger partial charge < -0.3 is 14.4 Å². The molecule has 2 atom stereocenters. The topological polar surface area (TPSA) is 59.1 Å². The average Bonchev–Trinajstić information content (AvgIpc) is 3.29. The third kappa shape index (κ3) is 3.94. The standard InChI is InChI=1S/C26H30N2O4/c1-3-27(20-5-7-23-18(13-20)10-11-32-23)15-17-4-6-21(24(12-17)31-2)22-14-19(22)16-28-25(29)8-9-26(28)30/h4-7,12-13,19,22H,3,8-11,14-16H2,1-2H3. The molecule has 2 amide bonds. The van der Waals surface area contributed by atoms with Gasteiger partial charge in [0.15, 0.2) is 0 Å². The molecular weight excluding hydrogens is 404 g/mol. The molecule has 0 bridgehead atoms. The molecule has 6 heteroatoms. The monoisotopic (exact) mass is 434 g/mol. The highest BCUT2D eigenvalue weighted by Gasteiger charge is 2.44. The number of nitrogens with zero attached hydrogens (tertiary/aromatic N) is 2. The summed E-state index contributed by atoms with van der Waals surface area (Å²) in [5.41, 5.74) is 4.87. The summed E-state index contributed by atoms with van der Waals surface area (Å²) in [5, 5.41) is 0. The van der Waals surface area contributed by atoms with Gasteiger partial charge in [0.05, 0.1) is 13.7 Å². The summed E-state index contributed by atoms with van der Waals surface area (Å²) < 4.78 is 11.4. The minimum Gasteiger partial charge on any atom is -0.496 e. The second-order valence-corrected chi connectivity index (χ2v) is 8.98. The fourth-order valence-corrected chi connectivity index (χ4v) is 5.03. The van der Waals surface area contributed by atoms with E-state index in [4.69, 9.17) is 9.47 Å². The number of methoxy groups -OCH3 is 1. The lowest BCUT2D eigenvalue weighted by molar-refractivity contribution is -0.138. The van der Waals surface area contributed by atoms with Gasteiger partial charge in [0.25, 0.3) is 0 Å². The highest BCUT2D eigenvalue weighted by molar-refractivity contribution is 6.01. The number of hydrogen-bond donors (Lipinski definition) is 0. The number of anilines is 1. The average molecular weight is 435 g/mol. The second-order valence-electron chi connectivity index (χ2n) is 8.98. The van der Waals surface area contributed by atoms with Crippen molar-refractivity contribution in [2.75, 3.05) is 31.7 Å². The van der Waals surface area contributed by atoms with E-state index in [1.54, 1.807) is 7.11 Å². The van der Waals surface area contributed by atoms with Crippen molar-refractivity contribution >= 4 is 17.5 Å². The summed E-state index contributed by atoms with van der Waals surface area (Å²) in [6.45, 7) is 5.19. The molecule has 5 rings (SSSR count). The van der Waals surface area contributed by atoms with E-state index in [2.05, 4.69) is 48.2 Å². The van der Waals surface area contributed by atoms with Crippen LogP contribution in [0.4, 0.5) is 5.69 Å². The Labute approximate surface area is 189 Å². The summed E-state index contributed by atoms with van der Waals surface area (Å²) in [6, 6.07) is 12.9. The summed E-state index contributed by atoms with van der Waals surface area (Å²) >= 11 is 0. The molecule has 1 saturated heterocycles. The summed E-state index contributed by atoms with van der Waals surface area (Å²) in [5.74, 6) is 2.53. The minimum atomic E-state index is -0.0271. The molecule has 1 saturated carbocycles. The molecule has 6 nitrogen and oxygen atoms in total. The van der Waals surface area contributed by atoms with Crippen molar-refractivity contribution in [3.63, 3.8) is 0 Å². The van der Waals surface area contributed by atoms with Gasteiger partial charge >= 0.3 is 0 Å². The fourth-order valence-electron chi connectivity index (χ4n) is 5.03. The van der Waals surface area contributed by atoms with E-state index in [0.717, 1.165) is 44.0 Å². The Bertz CT molecular complexity index is 1030. The van der Waals surface area contributed by atoms with Crippen LogP contribution in [0, 0.1) is 5.92 Å². The van der Waals surface area contributed by atoms with Crippen LogP contribution in [0.3, 0.4) is 0 Å². The number of carbonyl (C=O) groups is 2. The smallest absolute Gasteiger partial charge is 0.229 e. The maximum absolute atomic E-state index is 11.9. The maximum Gasteiger partial charge on any atom is 0.229 e. The Morgan fingerprint density at radius 2 is 1.91 bits per heavy atom. The third-order valence-corrected chi connectivity index (χ3v) is 6.99. The molecule has 2 aliphatic heterocycles. The van der Waals surface area contributed by atoms with Crippen LogP contribution in [0.15, 0.2) is 36.4 Å². The number of fused-ring (bicyclic) bond motifs is 1. The first-order chi connectivity index (χ1) is 15.6. The molecule has 2 aromatic carbocycles. The predicted molar refractivity (Wildman–Crippen MR) is 122 cm³/mol. The molecule has 1 aliphatic carbocycles. The number of benzene rings is 2. The van der Waals surface area contributed by atoms with Gasteiger partial charge in [-0.05, 0) is 66.1 Å². The molecule has 0 radical (unpaired) electrons. The maximum atomic E-state index is 11.9. The summed E-state index contributed by atoms with van der Waals surface area (Å²) in [7, 11) is 1.71. The van der Waals surface area contributed by atoms with Crippen LogP contribution in [0.2, 0.25) is 0 Å². The Kier molecular flexibility index (Phi) is 5.53. The molecule has 2 heterocycles. The van der Waals surface area contributed by atoms with E-state index >= 15 is 0 Å². The van der Waals surface area contributed by atoms with Crippen LogP contribution in [0.25, 0.3) is 0 Å². The normalized spacial score (nSPS) is 21.5. The van der Waals surface area contributed by atoms with Crippen molar-refractivity contribution in [1.82, 2.24) is 4.90 Å². The molecule has 2 fully saturated rings. The van der Waals surface area contributed by atoms with Crippen LogP contribution in [0.1, 0.15) is 48.8 Å². The molecule has 0 aromatic heterocycles. The second kappa shape index (κ2) is 8.49. The molecule has 32 heavy (non-hydrogen) atoms. The van der Waals surface area contributed by atoms with Crippen molar-refractivity contribution < 1.29 is 19.1 Å². The lowest BCUT2D eigenvalue weighted by atomic mass is 10.0. The van der Waals surface area contributed by atoms with Crippen LogP contribution in [0.5, 0.6) is 11.5 Å². The lowest BCUT2D eigenvalue weighted by Crippen LogP contribution is -2.31. The number of hydrogen-bond acceptors (Lipinski definition) is 5. The minimum absolute atomic E-state index is 0.0271. The zero-order valence-electron chi connectivity index (χ0n) is 18.8. The Morgan fingerprint density at radius 3 is 2.66 bits per heavy atom. The predicted octanol–water partition coefficient (Wildman–Crippen LogP) is 3.91. The number of rotatable bonds is 8. The van der Waals surface area contributed by atoms with Gasteiger partial charge in [0, 0.05) is 44.6 Å². The van der Waals surface area contributed by atoms with E-state index in [9.17, 15) is 9.59 Å². The van der Waals surface area contributed by atoms with Gasteiger partial charge in [-0.3, -0.25) is 14.5 Å². The highest BCUT2D eigenvalue weighted by atomic mass is 16.5. The summed E-state index contributed by atoms with van der Waals surface area (Å²) in [6.07, 6.45) is 2.68. The molecule has 168 valence electrons. The van der Waals surface area contributed by atoms with Crippen molar-refractivity contribution in [2.24, 2.45) is 5.92 Å². The van der Waals surface area contributed by atoms with Crippen LogP contribution >= 0.6 is 0 Å². The summed E-state index contributed by atoms with van der Waals surface area (Å²) in [4.78, 5) is 27.7. The fraction of sp³-hybridized carbons (Fsp3) is 0.462. The van der Waals surface area contributed by atoms with E-state index in [1.807, 2.05) is 0 Å². The molecule has 0 spiro atoms. The highest BCUT2D eigenvalue weighted by Crippen LogP contribution is 2.51. The Balaban J connectivity index is 1.28. The van der Waals surface area contributed by atoms with Gasteiger partial charge in [0.1, 0.15) is 11.5 Å². The van der Waals surface area contributed by atoms with Crippen molar-refractivity contribution in [1.29, 1.82) is 0 Å². The molecular formula is C26H30N2O4. The van der Waals surface area contributed by atoms with Crippen molar-refractivity contribution in [3.05, 3.63) is 53.1 Å². The zero-order chi connectivity index (χ0) is 22.2. The largest absolute Gasteiger partial charge is 0.496 e. The van der Waals surface area contributed by atoms with Gasteiger partial charge in [-0.15, -0.1) is 0 Å². The lowest BCUT2D eigenvalue weighted by Gasteiger charge is -2.24. The van der Waals surface area contributed by atoms with Gasteiger partial charge in [0.2, 0.25) is 11.8 Å². The quantitative estimate of drug-likeness (QED) is 0.590. The van der Waals surface area contributed by atoms with E-state index in [1.165, 1.54) is 27.3 Å².